The maximum Gasteiger partial charge on any atom is 0.323 e. The first-order valence-corrected chi connectivity index (χ1v) is 8.04. The number of nitrogens with one attached hydrogen (secondary N) is 2. The Morgan fingerprint density at radius 2 is 1.83 bits per heavy atom. The van der Waals surface area contributed by atoms with Crippen molar-refractivity contribution >= 4 is 5.78 Å². The lowest BCUT2D eigenvalue weighted by Gasteiger charge is -2.07. The van der Waals surface area contributed by atoms with E-state index in [0.717, 1.165) is 23.6 Å². The molecule has 6 heteroatoms. The van der Waals surface area contributed by atoms with Crippen LogP contribution in [0.25, 0.3) is 5.69 Å². The van der Waals surface area contributed by atoms with Crippen molar-refractivity contribution in [2.75, 3.05) is 0 Å². The van der Waals surface area contributed by atoms with Crippen molar-refractivity contribution < 1.29 is 4.79 Å². The molecule has 0 aliphatic heterocycles. The second-order valence-electron chi connectivity index (χ2n) is 5.68. The summed E-state index contributed by atoms with van der Waals surface area (Å²) in [6, 6.07) is 7.34. The van der Waals surface area contributed by atoms with E-state index < -0.39 is 0 Å². The zero-order valence-corrected chi connectivity index (χ0v) is 14.0. The average Bonchev–Trinajstić information content (AvgIpc) is 3.16. The van der Waals surface area contributed by atoms with Crippen LogP contribution >= 0.6 is 0 Å². The molecule has 2 heterocycles. The number of aromatic nitrogens is 4. The van der Waals surface area contributed by atoms with E-state index in [1.807, 2.05) is 36.7 Å². The fraction of sp³-hybridized carbons (Fsp3) is 0.278. The number of carbonyl (C=O) groups is 1. The fourth-order valence-corrected chi connectivity index (χ4v) is 2.82. The summed E-state index contributed by atoms with van der Waals surface area (Å²) < 4.78 is 2.03. The summed E-state index contributed by atoms with van der Waals surface area (Å²) in [7, 11) is 0. The predicted molar refractivity (Wildman–Crippen MR) is 91.9 cm³/mol. The third kappa shape index (κ3) is 2.82. The first-order valence-electron chi connectivity index (χ1n) is 8.04. The summed E-state index contributed by atoms with van der Waals surface area (Å²) >= 11 is 0. The van der Waals surface area contributed by atoms with Gasteiger partial charge in [-0.05, 0) is 37.6 Å². The van der Waals surface area contributed by atoms with Gasteiger partial charge in [0.15, 0.2) is 0 Å². The molecule has 124 valence electrons. The summed E-state index contributed by atoms with van der Waals surface area (Å²) in [6.07, 6.45) is 3.40. The molecular weight excluding hydrogens is 304 g/mol. The van der Waals surface area contributed by atoms with Crippen molar-refractivity contribution in [3.8, 4) is 5.69 Å². The van der Waals surface area contributed by atoms with E-state index in [4.69, 9.17) is 0 Å². The van der Waals surface area contributed by atoms with Crippen LogP contribution in [0.1, 0.15) is 47.1 Å². The second-order valence-corrected chi connectivity index (χ2v) is 5.68. The molecule has 2 aromatic heterocycles. The van der Waals surface area contributed by atoms with Gasteiger partial charge in [-0.25, -0.2) is 9.78 Å². The first kappa shape index (κ1) is 16.0. The van der Waals surface area contributed by atoms with Crippen LogP contribution in [0.5, 0.6) is 0 Å². The highest BCUT2D eigenvalue weighted by Crippen LogP contribution is 2.16. The highest BCUT2D eigenvalue weighted by Gasteiger charge is 2.16. The quantitative estimate of drug-likeness (QED) is 0.708. The zero-order valence-electron chi connectivity index (χ0n) is 14.0. The Kier molecular flexibility index (Phi) is 4.20. The van der Waals surface area contributed by atoms with Gasteiger partial charge in [0.25, 0.3) is 0 Å². The highest BCUT2D eigenvalue weighted by molar-refractivity contribution is 6.08. The van der Waals surface area contributed by atoms with Gasteiger partial charge in [-0.1, -0.05) is 13.8 Å². The maximum absolute atomic E-state index is 12.6. The highest BCUT2D eigenvalue weighted by atomic mass is 16.1. The van der Waals surface area contributed by atoms with Crippen LogP contribution in [0.3, 0.4) is 0 Å². The largest absolute Gasteiger partial charge is 0.323 e. The minimum absolute atomic E-state index is 0.186. The number of ketones is 1. The van der Waals surface area contributed by atoms with E-state index in [0.29, 0.717) is 23.4 Å². The lowest BCUT2D eigenvalue weighted by atomic mass is 10.1. The average molecular weight is 324 g/mol. The predicted octanol–water partition coefficient (Wildman–Crippen LogP) is 2.55. The van der Waals surface area contributed by atoms with Crippen LogP contribution in [-0.2, 0) is 12.8 Å². The van der Waals surface area contributed by atoms with Crippen LogP contribution in [-0.4, -0.2) is 25.3 Å². The minimum atomic E-state index is -0.353. The van der Waals surface area contributed by atoms with Gasteiger partial charge in [0.1, 0.15) is 11.5 Å². The lowest BCUT2D eigenvalue weighted by Crippen LogP contribution is -2.07. The number of benzene rings is 1. The zero-order chi connectivity index (χ0) is 17.3. The summed E-state index contributed by atoms with van der Waals surface area (Å²) in [5.74, 6) is 0.795. The number of aromatic amines is 2. The Bertz CT molecular complexity index is 929. The van der Waals surface area contributed by atoms with Crippen molar-refractivity contribution in [2.45, 2.75) is 33.6 Å². The lowest BCUT2D eigenvalue weighted by molar-refractivity contribution is 0.103. The first-order chi connectivity index (χ1) is 11.5. The van der Waals surface area contributed by atoms with E-state index in [1.54, 1.807) is 12.1 Å². The summed E-state index contributed by atoms with van der Waals surface area (Å²) in [5, 5.41) is 0. The molecule has 0 radical (unpaired) electrons. The molecule has 1 aromatic carbocycles. The number of H-pyrrole nitrogens is 2. The fourth-order valence-electron chi connectivity index (χ4n) is 2.82. The van der Waals surface area contributed by atoms with E-state index in [2.05, 4.69) is 21.9 Å². The van der Waals surface area contributed by atoms with Gasteiger partial charge < -0.3 is 14.5 Å². The molecule has 0 fully saturated rings. The van der Waals surface area contributed by atoms with E-state index in [9.17, 15) is 9.59 Å². The maximum atomic E-state index is 12.6. The van der Waals surface area contributed by atoms with Crippen LogP contribution in [0.4, 0.5) is 0 Å². The van der Waals surface area contributed by atoms with Gasteiger partial charge in [-0.3, -0.25) is 4.79 Å². The standard InChI is InChI=1S/C18H20N4O2/c1-4-14-16(21-18(24)20-14)17(23)12-6-8-13(9-7-12)22-10-11(3)19-15(22)5-2/h6-10H,4-5H2,1-3H3,(H2,20,21,24). The molecule has 0 saturated heterocycles. The van der Waals surface area contributed by atoms with E-state index in [1.165, 1.54) is 0 Å². The molecule has 0 aliphatic rings. The Balaban J connectivity index is 1.94. The van der Waals surface area contributed by atoms with Crippen LogP contribution in [0.15, 0.2) is 35.3 Å². The molecular formula is C18H20N4O2. The van der Waals surface area contributed by atoms with Gasteiger partial charge >= 0.3 is 5.69 Å². The van der Waals surface area contributed by atoms with Crippen LogP contribution in [0, 0.1) is 6.92 Å². The van der Waals surface area contributed by atoms with E-state index in [-0.39, 0.29) is 11.5 Å². The second kappa shape index (κ2) is 6.31. The summed E-state index contributed by atoms with van der Waals surface area (Å²) in [5.41, 5.74) is 3.08. The van der Waals surface area contributed by atoms with Crippen LogP contribution in [0.2, 0.25) is 0 Å². The van der Waals surface area contributed by atoms with E-state index >= 15 is 0 Å². The third-order valence-electron chi connectivity index (χ3n) is 4.01. The summed E-state index contributed by atoms with van der Waals surface area (Å²) in [6.45, 7) is 5.92. The molecule has 0 spiro atoms. The molecule has 0 saturated carbocycles. The van der Waals surface area contributed by atoms with Gasteiger partial charge in [0, 0.05) is 29.6 Å². The smallest absolute Gasteiger partial charge is 0.309 e. The Morgan fingerprint density at radius 1 is 1.12 bits per heavy atom. The van der Waals surface area contributed by atoms with Gasteiger partial charge in [-0.2, -0.15) is 0 Å². The topological polar surface area (TPSA) is 83.5 Å². The van der Waals surface area contributed by atoms with Crippen LogP contribution < -0.4 is 5.69 Å². The number of nitrogens with zero attached hydrogens (tertiary/aromatic N) is 2. The van der Waals surface area contributed by atoms with Crippen molar-refractivity contribution in [2.24, 2.45) is 0 Å². The summed E-state index contributed by atoms with van der Waals surface area (Å²) in [4.78, 5) is 33.8. The third-order valence-corrected chi connectivity index (χ3v) is 4.01. The number of hydrogen-bond donors (Lipinski definition) is 2. The van der Waals surface area contributed by atoms with Gasteiger partial charge in [-0.15, -0.1) is 0 Å². The molecule has 0 aliphatic carbocycles. The van der Waals surface area contributed by atoms with Crippen molar-refractivity contribution in [1.82, 2.24) is 19.5 Å². The molecule has 0 unspecified atom stereocenters. The van der Waals surface area contributed by atoms with Crippen molar-refractivity contribution in [1.29, 1.82) is 0 Å². The van der Waals surface area contributed by atoms with Gasteiger partial charge in [0.2, 0.25) is 5.78 Å². The molecule has 0 amide bonds. The SMILES string of the molecule is CCc1[nH]c(=O)[nH]c1C(=O)c1ccc(-n2cc(C)nc2CC)cc1. The molecule has 0 atom stereocenters. The molecule has 0 bridgehead atoms. The Hall–Kier alpha value is -2.89. The number of aryl methyl sites for hydroxylation is 3. The molecule has 24 heavy (non-hydrogen) atoms. The molecule has 3 rings (SSSR count). The molecule has 2 N–H and O–H groups in total. The Labute approximate surface area is 139 Å². The molecule has 6 nitrogen and oxygen atoms in total. The minimum Gasteiger partial charge on any atom is -0.309 e. The normalized spacial score (nSPS) is 11.0. The number of carbonyl (C=O) groups excluding carboxylic acids is 1. The number of rotatable bonds is 5. The Morgan fingerprint density at radius 3 is 2.46 bits per heavy atom. The number of hydrogen-bond acceptors (Lipinski definition) is 3. The van der Waals surface area contributed by atoms with Crippen molar-refractivity contribution in [3.05, 3.63) is 69.4 Å². The monoisotopic (exact) mass is 324 g/mol. The molecule has 3 aromatic rings. The van der Waals surface area contributed by atoms with Crippen molar-refractivity contribution in [3.63, 3.8) is 0 Å². The number of imidazole rings is 2. The van der Waals surface area contributed by atoms with Gasteiger partial charge in [0.05, 0.1) is 5.69 Å².